The molecule has 0 radical (unpaired) electrons. The molecule has 2 aromatic heterocycles. The van der Waals surface area contributed by atoms with Crippen LogP contribution in [-0.4, -0.2) is 27.2 Å². The Morgan fingerprint density at radius 2 is 2.39 bits per heavy atom. The van der Waals surface area contributed by atoms with Crippen LogP contribution in [0.25, 0.3) is 10.2 Å². The molecule has 0 aromatic carbocycles. The zero-order valence-corrected chi connectivity index (χ0v) is 10.9. The number of nitrogens with one attached hydrogen (secondary N) is 1. The first kappa shape index (κ1) is 11.7. The van der Waals surface area contributed by atoms with Crippen LogP contribution < -0.4 is 5.32 Å². The van der Waals surface area contributed by atoms with E-state index in [1.165, 1.54) is 11.9 Å². The Labute approximate surface area is 112 Å². The van der Waals surface area contributed by atoms with E-state index in [9.17, 15) is 4.79 Å². The molecule has 94 valence electrons. The summed E-state index contributed by atoms with van der Waals surface area (Å²) in [6.07, 6.45) is 2.80. The largest absolute Gasteiger partial charge is 0.465 e. The third kappa shape index (κ3) is 1.91. The highest BCUT2D eigenvalue weighted by atomic mass is 35.5. The third-order valence-electron chi connectivity index (χ3n) is 3.13. The van der Waals surface area contributed by atoms with Gasteiger partial charge in [-0.1, -0.05) is 11.6 Å². The molecule has 1 unspecified atom stereocenters. The second kappa shape index (κ2) is 4.37. The Balaban J connectivity index is 2.00. The Morgan fingerprint density at radius 3 is 3.17 bits per heavy atom. The van der Waals surface area contributed by atoms with Crippen LogP contribution in [0.2, 0.25) is 5.15 Å². The number of rotatable bonds is 1. The standard InChI is InChI=1S/C11H10ClN3O2S/c12-9-8-6-2-1-5(15-11(16)17)3-7(6)18-10(8)14-4-13-9/h4-5,15H,1-3H2,(H,16,17). The first-order valence-electron chi connectivity index (χ1n) is 5.55. The van der Waals surface area contributed by atoms with Crippen molar-refractivity contribution in [1.29, 1.82) is 0 Å². The molecular formula is C11H10ClN3O2S. The van der Waals surface area contributed by atoms with Crippen molar-refractivity contribution in [2.75, 3.05) is 0 Å². The highest BCUT2D eigenvalue weighted by molar-refractivity contribution is 7.19. The van der Waals surface area contributed by atoms with Crippen molar-refractivity contribution in [1.82, 2.24) is 15.3 Å². The minimum Gasteiger partial charge on any atom is -0.465 e. The first-order valence-corrected chi connectivity index (χ1v) is 6.75. The maximum atomic E-state index is 10.7. The summed E-state index contributed by atoms with van der Waals surface area (Å²) in [4.78, 5) is 20.9. The van der Waals surface area contributed by atoms with Crippen LogP contribution >= 0.6 is 22.9 Å². The van der Waals surface area contributed by atoms with E-state index in [2.05, 4.69) is 15.3 Å². The predicted octanol–water partition coefficient (Wildman–Crippen LogP) is 2.47. The summed E-state index contributed by atoms with van der Waals surface area (Å²) >= 11 is 7.68. The lowest BCUT2D eigenvalue weighted by atomic mass is 9.93. The van der Waals surface area contributed by atoms with Gasteiger partial charge in [-0.3, -0.25) is 0 Å². The van der Waals surface area contributed by atoms with Crippen LogP contribution in [0, 0.1) is 0 Å². The van der Waals surface area contributed by atoms with Crippen LogP contribution in [0.1, 0.15) is 16.9 Å². The lowest BCUT2D eigenvalue weighted by Gasteiger charge is -2.21. The molecule has 7 heteroatoms. The van der Waals surface area contributed by atoms with Crippen LogP contribution in [0.15, 0.2) is 6.33 Å². The van der Waals surface area contributed by atoms with Gasteiger partial charge in [-0.15, -0.1) is 11.3 Å². The normalized spacial score (nSPS) is 18.6. The van der Waals surface area contributed by atoms with Gasteiger partial charge in [-0.05, 0) is 18.4 Å². The molecule has 1 aliphatic rings. The molecule has 1 amide bonds. The van der Waals surface area contributed by atoms with E-state index in [0.29, 0.717) is 11.6 Å². The molecule has 0 bridgehead atoms. The van der Waals surface area contributed by atoms with Crippen molar-refractivity contribution in [2.24, 2.45) is 0 Å². The Bertz CT molecular complexity index is 628. The van der Waals surface area contributed by atoms with Crippen LogP contribution in [0.4, 0.5) is 4.79 Å². The van der Waals surface area contributed by atoms with Crippen LogP contribution in [-0.2, 0) is 12.8 Å². The molecule has 0 saturated carbocycles. The number of halogens is 1. The third-order valence-corrected chi connectivity index (χ3v) is 4.58. The van der Waals surface area contributed by atoms with Gasteiger partial charge in [-0.25, -0.2) is 14.8 Å². The quantitative estimate of drug-likeness (QED) is 0.789. The summed E-state index contributed by atoms with van der Waals surface area (Å²) in [5.74, 6) is 0. The second-order valence-electron chi connectivity index (χ2n) is 4.24. The monoisotopic (exact) mass is 283 g/mol. The number of aromatic nitrogens is 2. The first-order chi connectivity index (χ1) is 8.65. The Hall–Kier alpha value is -1.40. The SMILES string of the molecule is O=C(O)NC1CCc2c(sc3ncnc(Cl)c23)C1. The molecule has 18 heavy (non-hydrogen) atoms. The fourth-order valence-electron chi connectivity index (χ4n) is 2.37. The van der Waals surface area contributed by atoms with Crippen molar-refractivity contribution >= 4 is 39.2 Å². The van der Waals surface area contributed by atoms with E-state index in [0.717, 1.165) is 27.9 Å². The van der Waals surface area contributed by atoms with Crippen molar-refractivity contribution in [2.45, 2.75) is 25.3 Å². The number of thiophene rings is 1. The average molecular weight is 284 g/mol. The molecule has 5 nitrogen and oxygen atoms in total. The Morgan fingerprint density at radius 1 is 1.56 bits per heavy atom. The number of carboxylic acid groups (broad SMARTS) is 1. The van der Waals surface area contributed by atoms with Gasteiger partial charge in [0.1, 0.15) is 16.3 Å². The van der Waals surface area contributed by atoms with Gasteiger partial charge >= 0.3 is 6.09 Å². The fourth-order valence-corrected chi connectivity index (χ4v) is 3.94. The Kier molecular flexibility index (Phi) is 2.83. The molecule has 2 heterocycles. The summed E-state index contributed by atoms with van der Waals surface area (Å²) in [5, 5.41) is 12.7. The van der Waals surface area contributed by atoms with E-state index in [1.807, 2.05) is 0 Å². The van der Waals surface area contributed by atoms with E-state index in [1.54, 1.807) is 11.3 Å². The number of aryl methyl sites for hydroxylation is 1. The maximum absolute atomic E-state index is 10.7. The van der Waals surface area contributed by atoms with Crippen molar-refractivity contribution in [3.05, 3.63) is 21.9 Å². The molecule has 0 spiro atoms. The predicted molar refractivity (Wildman–Crippen MR) is 69.4 cm³/mol. The van der Waals surface area contributed by atoms with Crippen molar-refractivity contribution < 1.29 is 9.90 Å². The van der Waals surface area contributed by atoms with E-state index in [4.69, 9.17) is 16.7 Å². The summed E-state index contributed by atoms with van der Waals surface area (Å²) < 4.78 is 0. The van der Waals surface area contributed by atoms with Crippen molar-refractivity contribution in [3.8, 4) is 0 Å². The summed E-state index contributed by atoms with van der Waals surface area (Å²) in [6.45, 7) is 0. The van der Waals surface area contributed by atoms with E-state index >= 15 is 0 Å². The molecule has 0 saturated heterocycles. The molecule has 0 aliphatic heterocycles. The molecule has 2 aromatic rings. The minimum absolute atomic E-state index is 0.0187. The average Bonchev–Trinajstić information content (AvgIpc) is 2.66. The summed E-state index contributed by atoms with van der Waals surface area (Å²) in [7, 11) is 0. The van der Waals surface area contributed by atoms with Gasteiger partial charge in [0.15, 0.2) is 0 Å². The topological polar surface area (TPSA) is 75.1 Å². The number of carbonyl (C=O) groups is 1. The second-order valence-corrected chi connectivity index (χ2v) is 5.68. The van der Waals surface area contributed by atoms with Gasteiger partial charge in [-0.2, -0.15) is 0 Å². The van der Waals surface area contributed by atoms with Crippen LogP contribution in [0.5, 0.6) is 0 Å². The number of fused-ring (bicyclic) bond motifs is 3. The van der Waals surface area contributed by atoms with Gasteiger partial charge < -0.3 is 10.4 Å². The fraction of sp³-hybridized carbons (Fsp3) is 0.364. The highest BCUT2D eigenvalue weighted by Crippen LogP contribution is 2.37. The van der Waals surface area contributed by atoms with Crippen molar-refractivity contribution in [3.63, 3.8) is 0 Å². The molecule has 1 atom stereocenters. The molecule has 0 fully saturated rings. The minimum atomic E-state index is -0.970. The zero-order chi connectivity index (χ0) is 12.7. The van der Waals surface area contributed by atoms with Gasteiger partial charge in [0.2, 0.25) is 0 Å². The smallest absolute Gasteiger partial charge is 0.404 e. The molecule has 3 rings (SSSR count). The number of nitrogens with zero attached hydrogens (tertiary/aromatic N) is 2. The zero-order valence-electron chi connectivity index (χ0n) is 9.31. The lowest BCUT2D eigenvalue weighted by molar-refractivity contribution is 0.188. The van der Waals surface area contributed by atoms with Gasteiger partial charge in [0, 0.05) is 17.3 Å². The number of amides is 1. The van der Waals surface area contributed by atoms with Crippen LogP contribution in [0.3, 0.4) is 0 Å². The summed E-state index contributed by atoms with van der Waals surface area (Å²) in [6, 6.07) is -0.0187. The number of hydrogen-bond acceptors (Lipinski definition) is 4. The summed E-state index contributed by atoms with van der Waals surface area (Å²) in [5.41, 5.74) is 1.18. The van der Waals surface area contributed by atoms with E-state index < -0.39 is 6.09 Å². The molecule has 2 N–H and O–H groups in total. The number of hydrogen-bond donors (Lipinski definition) is 2. The highest BCUT2D eigenvalue weighted by Gasteiger charge is 2.25. The van der Waals surface area contributed by atoms with Gasteiger partial charge in [0.25, 0.3) is 0 Å². The lowest BCUT2D eigenvalue weighted by Crippen LogP contribution is -2.37. The molecular weight excluding hydrogens is 274 g/mol. The maximum Gasteiger partial charge on any atom is 0.404 e. The van der Waals surface area contributed by atoms with E-state index in [-0.39, 0.29) is 6.04 Å². The van der Waals surface area contributed by atoms with Gasteiger partial charge in [0.05, 0.1) is 5.39 Å². The molecule has 1 aliphatic carbocycles.